The van der Waals surface area contributed by atoms with Gasteiger partial charge in [-0.1, -0.05) is 24.3 Å². The van der Waals surface area contributed by atoms with Crippen LogP contribution in [0.15, 0.2) is 60.9 Å². The molecule has 0 spiro atoms. The van der Waals surface area contributed by atoms with E-state index in [9.17, 15) is 8.78 Å². The molecule has 1 aromatic heterocycles. The molecule has 0 unspecified atom stereocenters. The molecular formula is C20H20F2N4. The second kappa shape index (κ2) is 7.25. The zero-order chi connectivity index (χ0) is 17.9. The fraction of sp³-hybridized carbons (Fsp3) is 0.250. The Morgan fingerprint density at radius 2 is 1.73 bits per heavy atom. The summed E-state index contributed by atoms with van der Waals surface area (Å²) >= 11 is 0. The highest BCUT2D eigenvalue weighted by molar-refractivity contribution is 5.44. The minimum absolute atomic E-state index is 0.201. The largest absolute Gasteiger partial charge is 0.339 e. The van der Waals surface area contributed by atoms with Crippen LogP contribution in [-0.2, 0) is 6.54 Å². The number of aromatic nitrogens is 2. The van der Waals surface area contributed by atoms with Gasteiger partial charge in [-0.25, -0.2) is 13.8 Å². The number of hydrogen-bond donors (Lipinski definition) is 0. The van der Waals surface area contributed by atoms with Crippen LogP contribution < -0.4 is 4.90 Å². The molecule has 1 aliphatic rings. The number of piperazine rings is 1. The lowest BCUT2D eigenvalue weighted by Gasteiger charge is -2.35. The van der Waals surface area contributed by atoms with Crippen LogP contribution in [0, 0.1) is 11.6 Å². The highest BCUT2D eigenvalue weighted by Gasteiger charge is 2.21. The zero-order valence-electron chi connectivity index (χ0n) is 14.4. The van der Waals surface area contributed by atoms with Crippen molar-refractivity contribution >= 4 is 5.95 Å². The molecule has 26 heavy (non-hydrogen) atoms. The molecule has 3 aromatic rings. The smallest absolute Gasteiger partial charge is 0.210 e. The molecule has 1 aliphatic heterocycles. The van der Waals surface area contributed by atoms with Gasteiger partial charge in [0.2, 0.25) is 5.95 Å². The van der Waals surface area contributed by atoms with Gasteiger partial charge in [-0.2, -0.15) is 0 Å². The first-order valence-electron chi connectivity index (χ1n) is 8.71. The van der Waals surface area contributed by atoms with Crippen molar-refractivity contribution < 1.29 is 8.78 Å². The van der Waals surface area contributed by atoms with E-state index in [1.165, 1.54) is 12.1 Å². The van der Waals surface area contributed by atoms with E-state index >= 15 is 0 Å². The lowest BCUT2D eigenvalue weighted by Crippen LogP contribution is -2.46. The molecule has 2 aromatic carbocycles. The second-order valence-corrected chi connectivity index (χ2v) is 6.44. The fourth-order valence-corrected chi connectivity index (χ4v) is 3.36. The standard InChI is InChI=1S/C20H20F2N4/c21-17-5-3-4-16(14-17)15-24-10-12-25(13-11-24)20-23-8-9-26(20)19-7-2-1-6-18(19)22/h1-9,14H,10-13,15H2. The van der Waals surface area contributed by atoms with Crippen LogP contribution in [0.1, 0.15) is 5.56 Å². The van der Waals surface area contributed by atoms with Gasteiger partial charge in [-0.15, -0.1) is 0 Å². The average molecular weight is 354 g/mol. The minimum Gasteiger partial charge on any atom is -0.339 e. The summed E-state index contributed by atoms with van der Waals surface area (Å²) in [7, 11) is 0. The van der Waals surface area contributed by atoms with Crippen LogP contribution in [0.2, 0.25) is 0 Å². The maximum Gasteiger partial charge on any atom is 0.210 e. The van der Waals surface area contributed by atoms with Gasteiger partial charge in [-0.05, 0) is 29.8 Å². The van der Waals surface area contributed by atoms with Crippen molar-refractivity contribution in [1.29, 1.82) is 0 Å². The van der Waals surface area contributed by atoms with Crippen LogP contribution in [0.5, 0.6) is 0 Å². The summed E-state index contributed by atoms with van der Waals surface area (Å²) in [6.45, 7) is 4.01. The average Bonchev–Trinajstić information content (AvgIpc) is 3.12. The summed E-state index contributed by atoms with van der Waals surface area (Å²) in [5, 5.41) is 0. The Bertz CT molecular complexity index is 885. The Kier molecular flexibility index (Phi) is 4.67. The van der Waals surface area contributed by atoms with Crippen molar-refractivity contribution in [3.05, 3.63) is 78.1 Å². The highest BCUT2D eigenvalue weighted by Crippen LogP contribution is 2.22. The van der Waals surface area contributed by atoms with Crippen LogP contribution in [0.25, 0.3) is 5.69 Å². The van der Waals surface area contributed by atoms with E-state index in [1.54, 1.807) is 41.2 Å². The normalized spacial score (nSPS) is 15.4. The molecule has 0 amide bonds. The van der Waals surface area contributed by atoms with Gasteiger partial charge in [0.25, 0.3) is 0 Å². The van der Waals surface area contributed by atoms with Crippen LogP contribution >= 0.6 is 0 Å². The first-order chi connectivity index (χ1) is 12.7. The molecule has 0 saturated carbocycles. The molecule has 0 aliphatic carbocycles. The number of para-hydroxylation sites is 1. The van der Waals surface area contributed by atoms with E-state index in [0.717, 1.165) is 44.2 Å². The molecule has 0 radical (unpaired) electrons. The van der Waals surface area contributed by atoms with Crippen molar-refractivity contribution in [2.45, 2.75) is 6.54 Å². The molecule has 1 saturated heterocycles. The Balaban J connectivity index is 1.45. The molecule has 4 rings (SSSR count). The van der Waals surface area contributed by atoms with Gasteiger partial charge in [0, 0.05) is 45.1 Å². The molecule has 0 N–H and O–H groups in total. The third kappa shape index (κ3) is 3.46. The second-order valence-electron chi connectivity index (χ2n) is 6.44. The molecule has 2 heterocycles. The number of nitrogens with zero attached hydrogens (tertiary/aromatic N) is 4. The van der Waals surface area contributed by atoms with Crippen LogP contribution in [0.4, 0.5) is 14.7 Å². The number of anilines is 1. The monoisotopic (exact) mass is 354 g/mol. The van der Waals surface area contributed by atoms with Gasteiger partial charge in [0.05, 0.1) is 5.69 Å². The van der Waals surface area contributed by atoms with Crippen molar-refractivity contribution in [3.63, 3.8) is 0 Å². The van der Waals surface area contributed by atoms with E-state index in [4.69, 9.17) is 0 Å². The van der Waals surface area contributed by atoms with E-state index in [-0.39, 0.29) is 11.6 Å². The summed E-state index contributed by atoms with van der Waals surface area (Å²) < 4.78 is 29.3. The highest BCUT2D eigenvalue weighted by atomic mass is 19.1. The summed E-state index contributed by atoms with van der Waals surface area (Å²) in [6.07, 6.45) is 3.48. The van der Waals surface area contributed by atoms with Crippen LogP contribution in [-0.4, -0.2) is 40.6 Å². The van der Waals surface area contributed by atoms with Gasteiger partial charge in [-0.3, -0.25) is 9.47 Å². The van der Waals surface area contributed by atoms with E-state index < -0.39 is 0 Å². The fourth-order valence-electron chi connectivity index (χ4n) is 3.36. The molecule has 0 atom stereocenters. The van der Waals surface area contributed by atoms with Gasteiger partial charge in [0.15, 0.2) is 0 Å². The maximum absolute atomic E-state index is 14.1. The van der Waals surface area contributed by atoms with Crippen molar-refractivity contribution in [2.24, 2.45) is 0 Å². The Hall–Kier alpha value is -2.73. The molecule has 0 bridgehead atoms. The maximum atomic E-state index is 14.1. The third-order valence-electron chi connectivity index (χ3n) is 4.68. The summed E-state index contributed by atoms with van der Waals surface area (Å²) in [5.41, 5.74) is 1.48. The number of halogens is 2. The topological polar surface area (TPSA) is 24.3 Å². The quantitative estimate of drug-likeness (QED) is 0.717. The Labute approximate surface area is 151 Å². The lowest BCUT2D eigenvalue weighted by atomic mass is 10.2. The molecular weight excluding hydrogens is 334 g/mol. The predicted octanol–water partition coefficient (Wildman–Crippen LogP) is 3.47. The predicted molar refractivity (Wildman–Crippen MR) is 97.4 cm³/mol. The summed E-state index contributed by atoms with van der Waals surface area (Å²) in [6, 6.07) is 13.4. The number of hydrogen-bond acceptors (Lipinski definition) is 3. The zero-order valence-corrected chi connectivity index (χ0v) is 14.4. The van der Waals surface area contributed by atoms with E-state index in [1.807, 2.05) is 12.1 Å². The van der Waals surface area contributed by atoms with Gasteiger partial charge in [0.1, 0.15) is 11.6 Å². The lowest BCUT2D eigenvalue weighted by molar-refractivity contribution is 0.248. The minimum atomic E-state index is -0.267. The molecule has 134 valence electrons. The number of benzene rings is 2. The first-order valence-corrected chi connectivity index (χ1v) is 8.71. The first kappa shape index (κ1) is 16.7. The van der Waals surface area contributed by atoms with Crippen LogP contribution in [0.3, 0.4) is 0 Å². The van der Waals surface area contributed by atoms with E-state index in [2.05, 4.69) is 14.8 Å². The molecule has 4 nitrogen and oxygen atoms in total. The molecule has 1 fully saturated rings. The van der Waals surface area contributed by atoms with E-state index in [0.29, 0.717) is 5.69 Å². The molecule has 6 heteroatoms. The van der Waals surface area contributed by atoms with Gasteiger partial charge >= 0.3 is 0 Å². The third-order valence-corrected chi connectivity index (χ3v) is 4.68. The Morgan fingerprint density at radius 3 is 2.50 bits per heavy atom. The number of imidazole rings is 1. The van der Waals surface area contributed by atoms with Crippen molar-refractivity contribution in [2.75, 3.05) is 31.1 Å². The van der Waals surface area contributed by atoms with Gasteiger partial charge < -0.3 is 4.90 Å². The van der Waals surface area contributed by atoms with Crippen molar-refractivity contribution in [3.8, 4) is 5.69 Å². The summed E-state index contributed by atoms with van der Waals surface area (Å²) in [5.74, 6) is 0.282. The number of rotatable bonds is 4. The SMILES string of the molecule is Fc1cccc(CN2CCN(c3nccn3-c3ccccc3F)CC2)c1. The summed E-state index contributed by atoms with van der Waals surface area (Å²) in [4.78, 5) is 8.89. The Morgan fingerprint density at radius 1 is 0.923 bits per heavy atom. The van der Waals surface area contributed by atoms with Crippen molar-refractivity contribution in [1.82, 2.24) is 14.5 Å².